The van der Waals surface area contributed by atoms with Crippen LogP contribution >= 0.6 is 11.3 Å². The molecule has 15 heavy (non-hydrogen) atoms. The molecule has 4 heteroatoms. The van der Waals surface area contributed by atoms with Crippen molar-refractivity contribution in [2.45, 2.75) is 31.2 Å². The van der Waals surface area contributed by atoms with E-state index >= 15 is 0 Å². The number of nitrogens with zero attached hydrogens (tertiary/aromatic N) is 1. The molecule has 0 aliphatic carbocycles. The summed E-state index contributed by atoms with van der Waals surface area (Å²) in [6, 6.07) is 0.540. The van der Waals surface area contributed by atoms with E-state index in [-0.39, 0.29) is 0 Å². The van der Waals surface area contributed by atoms with Gasteiger partial charge in [0.25, 0.3) is 0 Å². The number of hydrogen-bond donors (Lipinski definition) is 2. The maximum Gasteiger partial charge on any atom is 0.110 e. The molecule has 1 aromatic rings. The van der Waals surface area contributed by atoms with Gasteiger partial charge in [-0.15, -0.1) is 11.3 Å². The molecule has 1 aromatic heterocycles. The van der Waals surface area contributed by atoms with Crippen molar-refractivity contribution in [1.82, 2.24) is 15.6 Å². The normalized spacial score (nSPS) is 31.2. The van der Waals surface area contributed by atoms with Crippen molar-refractivity contribution >= 4 is 11.3 Å². The standard InChI is InChI=1S/C11H17N3S/c1-2-9(13-4-1)11-14-10(7-15-11)8-3-5-12-6-8/h7-9,12-13H,1-6H2. The number of rotatable bonds is 2. The predicted molar refractivity (Wildman–Crippen MR) is 62.3 cm³/mol. The van der Waals surface area contributed by atoms with Crippen LogP contribution in [-0.4, -0.2) is 24.6 Å². The van der Waals surface area contributed by atoms with Crippen LogP contribution in [0.2, 0.25) is 0 Å². The maximum atomic E-state index is 4.79. The third-order valence-electron chi connectivity index (χ3n) is 3.38. The van der Waals surface area contributed by atoms with Gasteiger partial charge in [-0.25, -0.2) is 4.98 Å². The number of aromatic nitrogens is 1. The lowest BCUT2D eigenvalue weighted by Crippen LogP contribution is -2.13. The highest BCUT2D eigenvalue weighted by atomic mass is 32.1. The molecule has 2 atom stereocenters. The zero-order chi connectivity index (χ0) is 10.1. The Hall–Kier alpha value is -0.450. The minimum Gasteiger partial charge on any atom is -0.316 e. The summed E-state index contributed by atoms with van der Waals surface area (Å²) in [5.41, 5.74) is 1.31. The second-order valence-electron chi connectivity index (χ2n) is 4.45. The predicted octanol–water partition coefficient (Wildman–Crippen LogP) is 1.64. The molecule has 2 aliphatic rings. The molecule has 0 spiro atoms. The molecule has 2 fully saturated rings. The van der Waals surface area contributed by atoms with Crippen molar-refractivity contribution in [2.24, 2.45) is 0 Å². The van der Waals surface area contributed by atoms with Crippen LogP contribution in [0, 0.1) is 0 Å². The molecular weight excluding hydrogens is 206 g/mol. The van der Waals surface area contributed by atoms with E-state index in [9.17, 15) is 0 Å². The van der Waals surface area contributed by atoms with E-state index in [4.69, 9.17) is 4.98 Å². The van der Waals surface area contributed by atoms with E-state index in [0.29, 0.717) is 12.0 Å². The van der Waals surface area contributed by atoms with Crippen LogP contribution in [0.1, 0.15) is 41.9 Å². The van der Waals surface area contributed by atoms with Crippen molar-refractivity contribution in [2.75, 3.05) is 19.6 Å². The van der Waals surface area contributed by atoms with Gasteiger partial charge in [0.2, 0.25) is 0 Å². The molecule has 2 unspecified atom stereocenters. The molecule has 82 valence electrons. The molecule has 3 rings (SSSR count). The van der Waals surface area contributed by atoms with Crippen molar-refractivity contribution in [3.05, 3.63) is 16.1 Å². The molecule has 2 aliphatic heterocycles. The first-order chi connectivity index (χ1) is 7.43. The van der Waals surface area contributed by atoms with Gasteiger partial charge < -0.3 is 10.6 Å². The second kappa shape index (κ2) is 4.20. The monoisotopic (exact) mass is 223 g/mol. The fourth-order valence-corrected chi connectivity index (χ4v) is 3.46. The van der Waals surface area contributed by atoms with Crippen molar-refractivity contribution in [1.29, 1.82) is 0 Å². The van der Waals surface area contributed by atoms with Gasteiger partial charge >= 0.3 is 0 Å². The summed E-state index contributed by atoms with van der Waals surface area (Å²) in [7, 11) is 0. The summed E-state index contributed by atoms with van der Waals surface area (Å²) in [6.07, 6.45) is 3.81. The molecule has 0 bridgehead atoms. The quantitative estimate of drug-likeness (QED) is 0.800. The van der Waals surface area contributed by atoms with E-state index in [1.807, 2.05) is 11.3 Å². The van der Waals surface area contributed by atoms with Gasteiger partial charge in [0.05, 0.1) is 11.7 Å². The molecule has 2 N–H and O–H groups in total. The highest BCUT2D eigenvalue weighted by Crippen LogP contribution is 2.30. The van der Waals surface area contributed by atoms with Crippen LogP contribution < -0.4 is 10.6 Å². The number of thiazole rings is 1. The molecule has 3 heterocycles. The van der Waals surface area contributed by atoms with Crippen LogP contribution in [0.15, 0.2) is 5.38 Å². The summed E-state index contributed by atoms with van der Waals surface area (Å²) in [4.78, 5) is 4.79. The van der Waals surface area contributed by atoms with Crippen LogP contribution in [0.4, 0.5) is 0 Å². The van der Waals surface area contributed by atoms with Crippen molar-refractivity contribution < 1.29 is 0 Å². The van der Waals surface area contributed by atoms with Crippen molar-refractivity contribution in [3.8, 4) is 0 Å². The zero-order valence-electron chi connectivity index (χ0n) is 8.83. The van der Waals surface area contributed by atoms with Gasteiger partial charge in [0, 0.05) is 17.8 Å². The number of nitrogens with one attached hydrogen (secondary N) is 2. The summed E-state index contributed by atoms with van der Waals surface area (Å²) < 4.78 is 0. The summed E-state index contributed by atoms with van der Waals surface area (Å²) in [6.45, 7) is 3.42. The Labute approximate surface area is 94.3 Å². The first kappa shape index (κ1) is 9.75. The lowest BCUT2D eigenvalue weighted by molar-refractivity contribution is 0.634. The molecule has 3 nitrogen and oxygen atoms in total. The first-order valence-corrected chi connectivity index (χ1v) is 6.71. The number of hydrogen-bond acceptors (Lipinski definition) is 4. The van der Waals surface area contributed by atoms with E-state index in [1.54, 1.807) is 0 Å². The Bertz CT molecular complexity index is 294. The first-order valence-electron chi connectivity index (χ1n) is 5.83. The summed E-state index contributed by atoms with van der Waals surface area (Å²) in [5.74, 6) is 0.663. The largest absolute Gasteiger partial charge is 0.316 e. The smallest absolute Gasteiger partial charge is 0.110 e. The zero-order valence-corrected chi connectivity index (χ0v) is 9.65. The van der Waals surface area contributed by atoms with Gasteiger partial charge in [0.1, 0.15) is 5.01 Å². The van der Waals surface area contributed by atoms with Gasteiger partial charge in [-0.1, -0.05) is 0 Å². The average molecular weight is 223 g/mol. The fraction of sp³-hybridized carbons (Fsp3) is 0.727. The molecular formula is C11H17N3S. The average Bonchev–Trinajstić information content (AvgIpc) is 3.02. The Morgan fingerprint density at radius 2 is 2.33 bits per heavy atom. The van der Waals surface area contributed by atoms with Gasteiger partial charge in [-0.05, 0) is 32.4 Å². The maximum absolute atomic E-state index is 4.79. The topological polar surface area (TPSA) is 37.0 Å². The van der Waals surface area contributed by atoms with E-state index < -0.39 is 0 Å². The Morgan fingerprint density at radius 3 is 3.07 bits per heavy atom. The Morgan fingerprint density at radius 1 is 1.33 bits per heavy atom. The molecule has 0 aromatic carbocycles. The van der Waals surface area contributed by atoms with E-state index in [2.05, 4.69) is 16.0 Å². The molecule has 2 saturated heterocycles. The summed E-state index contributed by atoms with van der Waals surface area (Å²) in [5, 5.41) is 10.5. The fourth-order valence-electron chi connectivity index (χ4n) is 2.45. The van der Waals surface area contributed by atoms with Crippen LogP contribution in [-0.2, 0) is 0 Å². The minimum absolute atomic E-state index is 0.540. The third kappa shape index (κ3) is 1.94. The van der Waals surface area contributed by atoms with Gasteiger partial charge in [0.15, 0.2) is 0 Å². The third-order valence-corrected chi connectivity index (χ3v) is 4.35. The van der Waals surface area contributed by atoms with Crippen molar-refractivity contribution in [3.63, 3.8) is 0 Å². The van der Waals surface area contributed by atoms with Crippen LogP contribution in [0.25, 0.3) is 0 Å². The highest BCUT2D eigenvalue weighted by molar-refractivity contribution is 7.09. The van der Waals surface area contributed by atoms with E-state index in [1.165, 1.54) is 30.0 Å². The Kier molecular flexibility index (Phi) is 2.73. The minimum atomic E-state index is 0.540. The lowest BCUT2D eigenvalue weighted by atomic mass is 10.1. The second-order valence-corrected chi connectivity index (χ2v) is 5.34. The SMILES string of the molecule is c1sc(C2CCCN2)nc1C1CCNC1. The molecule has 0 radical (unpaired) electrons. The molecule has 0 saturated carbocycles. The Balaban J connectivity index is 1.74. The van der Waals surface area contributed by atoms with Crippen LogP contribution in [0.5, 0.6) is 0 Å². The summed E-state index contributed by atoms with van der Waals surface area (Å²) >= 11 is 1.83. The van der Waals surface area contributed by atoms with Gasteiger partial charge in [-0.3, -0.25) is 0 Å². The van der Waals surface area contributed by atoms with Gasteiger partial charge in [-0.2, -0.15) is 0 Å². The van der Waals surface area contributed by atoms with E-state index in [0.717, 1.165) is 19.6 Å². The molecule has 0 amide bonds. The van der Waals surface area contributed by atoms with Crippen LogP contribution in [0.3, 0.4) is 0 Å². The lowest BCUT2D eigenvalue weighted by Gasteiger charge is -2.06. The highest BCUT2D eigenvalue weighted by Gasteiger charge is 2.23.